The molecule has 2 amide bonds. The van der Waals surface area contributed by atoms with Crippen molar-refractivity contribution in [3.8, 4) is 0 Å². The Morgan fingerprint density at radius 1 is 1.16 bits per heavy atom. The van der Waals surface area contributed by atoms with Crippen molar-refractivity contribution >= 4 is 38.7 Å². The number of carbonyl (C=O) groups excluding carboxylic acids is 1. The Hall–Kier alpha value is -2.93. The first-order valence-electron chi connectivity index (χ1n) is 7.87. The van der Waals surface area contributed by atoms with Crippen molar-refractivity contribution in [2.24, 2.45) is 0 Å². The number of carboxylic acid groups (broad SMARTS) is 1. The molecule has 0 saturated carbocycles. The Morgan fingerprint density at radius 3 is 2.80 bits per heavy atom. The summed E-state index contributed by atoms with van der Waals surface area (Å²) in [7, 11) is 0. The van der Waals surface area contributed by atoms with E-state index in [1.54, 1.807) is 6.07 Å². The molecule has 0 fully saturated rings. The molecule has 2 N–H and O–H groups in total. The number of rotatable bonds is 2. The molecule has 2 aromatic carbocycles. The van der Waals surface area contributed by atoms with Gasteiger partial charge >= 0.3 is 6.09 Å². The molecule has 1 aliphatic heterocycles. The lowest BCUT2D eigenvalue weighted by Gasteiger charge is -2.27. The van der Waals surface area contributed by atoms with E-state index in [4.69, 9.17) is 0 Å². The molecule has 2 heterocycles. The molecule has 0 spiro atoms. The summed E-state index contributed by atoms with van der Waals surface area (Å²) in [5, 5.41) is 12.6. The molecule has 7 heteroatoms. The number of fused-ring (bicyclic) bond motifs is 2. The molecule has 1 aromatic heterocycles. The minimum absolute atomic E-state index is 0.230. The molecule has 3 aromatic rings. The maximum absolute atomic E-state index is 12.7. The summed E-state index contributed by atoms with van der Waals surface area (Å²) in [5.74, 6) is -0.261. The minimum Gasteiger partial charge on any atom is -0.465 e. The van der Waals surface area contributed by atoms with E-state index in [-0.39, 0.29) is 12.5 Å². The van der Waals surface area contributed by atoms with Crippen molar-refractivity contribution in [3.05, 3.63) is 59.2 Å². The zero-order valence-electron chi connectivity index (χ0n) is 13.2. The van der Waals surface area contributed by atoms with Gasteiger partial charge in [-0.1, -0.05) is 35.6 Å². The summed E-state index contributed by atoms with van der Waals surface area (Å²) in [6.07, 6.45) is -0.351. The van der Waals surface area contributed by atoms with Crippen LogP contribution in [0.15, 0.2) is 42.5 Å². The van der Waals surface area contributed by atoms with Crippen LogP contribution in [0.4, 0.5) is 9.93 Å². The van der Waals surface area contributed by atoms with E-state index in [9.17, 15) is 14.7 Å². The number of anilines is 1. The fourth-order valence-corrected chi connectivity index (χ4v) is 3.91. The Balaban J connectivity index is 1.63. The molecule has 126 valence electrons. The van der Waals surface area contributed by atoms with Gasteiger partial charge in [-0.15, -0.1) is 0 Å². The molecular formula is C18H15N3O3S. The topological polar surface area (TPSA) is 82.5 Å². The highest BCUT2D eigenvalue weighted by Gasteiger charge is 2.24. The van der Waals surface area contributed by atoms with Crippen LogP contribution in [0.3, 0.4) is 0 Å². The zero-order chi connectivity index (χ0) is 17.4. The van der Waals surface area contributed by atoms with Crippen molar-refractivity contribution < 1.29 is 14.7 Å². The molecular weight excluding hydrogens is 338 g/mol. The Bertz CT molecular complexity index is 950. The highest BCUT2D eigenvalue weighted by Crippen LogP contribution is 2.27. The largest absolute Gasteiger partial charge is 0.465 e. The van der Waals surface area contributed by atoms with Gasteiger partial charge in [-0.25, -0.2) is 9.78 Å². The number of thiazole rings is 1. The fourth-order valence-electron chi connectivity index (χ4n) is 3.05. The quantitative estimate of drug-likeness (QED) is 0.738. The van der Waals surface area contributed by atoms with Crippen molar-refractivity contribution in [2.45, 2.75) is 13.0 Å². The third kappa shape index (κ3) is 2.94. The second-order valence-electron chi connectivity index (χ2n) is 5.84. The van der Waals surface area contributed by atoms with Crippen LogP contribution in [0.25, 0.3) is 10.2 Å². The lowest BCUT2D eigenvalue weighted by Crippen LogP contribution is -2.36. The van der Waals surface area contributed by atoms with E-state index in [0.717, 1.165) is 21.3 Å². The van der Waals surface area contributed by atoms with Crippen LogP contribution in [0.2, 0.25) is 0 Å². The van der Waals surface area contributed by atoms with Gasteiger partial charge in [0.15, 0.2) is 5.13 Å². The second kappa shape index (κ2) is 6.18. The second-order valence-corrected chi connectivity index (χ2v) is 6.87. The first kappa shape index (κ1) is 15.6. The smallest absolute Gasteiger partial charge is 0.407 e. The third-order valence-corrected chi connectivity index (χ3v) is 5.25. The van der Waals surface area contributed by atoms with Crippen LogP contribution in [-0.2, 0) is 13.0 Å². The van der Waals surface area contributed by atoms with Gasteiger partial charge in [-0.3, -0.25) is 10.1 Å². The van der Waals surface area contributed by atoms with Crippen LogP contribution < -0.4 is 5.32 Å². The number of aromatic nitrogens is 1. The molecule has 0 unspecified atom stereocenters. The number of nitrogens with zero attached hydrogens (tertiary/aromatic N) is 2. The number of benzene rings is 2. The van der Waals surface area contributed by atoms with Gasteiger partial charge in [0.05, 0.1) is 16.8 Å². The minimum atomic E-state index is -0.966. The lowest BCUT2D eigenvalue weighted by molar-refractivity contribution is 0.102. The average Bonchev–Trinajstić information content (AvgIpc) is 3.02. The summed E-state index contributed by atoms with van der Waals surface area (Å²) in [5.41, 5.74) is 3.14. The van der Waals surface area contributed by atoms with Crippen LogP contribution >= 0.6 is 11.3 Å². The molecule has 1 aliphatic rings. The molecule has 0 bridgehead atoms. The first-order valence-corrected chi connectivity index (χ1v) is 8.69. The molecule has 0 aliphatic carbocycles. The predicted octanol–water partition coefficient (Wildman–Crippen LogP) is 3.58. The van der Waals surface area contributed by atoms with E-state index in [1.807, 2.05) is 36.4 Å². The van der Waals surface area contributed by atoms with Crippen LogP contribution in [0, 0.1) is 0 Å². The Labute approximate surface area is 147 Å². The van der Waals surface area contributed by atoms with E-state index in [1.165, 1.54) is 16.2 Å². The first-order chi connectivity index (χ1) is 12.1. The molecule has 0 atom stereocenters. The van der Waals surface area contributed by atoms with E-state index < -0.39 is 6.09 Å². The summed E-state index contributed by atoms with van der Waals surface area (Å²) < 4.78 is 1.00. The van der Waals surface area contributed by atoms with Crippen molar-refractivity contribution in [2.75, 3.05) is 11.9 Å². The summed E-state index contributed by atoms with van der Waals surface area (Å²) in [6.45, 7) is 0.680. The third-order valence-electron chi connectivity index (χ3n) is 4.30. The zero-order valence-corrected chi connectivity index (χ0v) is 14.0. The predicted molar refractivity (Wildman–Crippen MR) is 96.2 cm³/mol. The van der Waals surface area contributed by atoms with Crippen LogP contribution in [0.1, 0.15) is 21.5 Å². The van der Waals surface area contributed by atoms with Gasteiger partial charge in [0, 0.05) is 12.1 Å². The van der Waals surface area contributed by atoms with E-state index >= 15 is 0 Å². The van der Waals surface area contributed by atoms with Gasteiger partial charge in [-0.2, -0.15) is 0 Å². The summed E-state index contributed by atoms with van der Waals surface area (Å²) in [6, 6.07) is 13.2. The van der Waals surface area contributed by atoms with Gasteiger partial charge in [-0.05, 0) is 35.7 Å². The standard InChI is InChI=1S/C18H15N3O3S/c22-16(20-17-19-14-6-1-2-7-15(14)25-17)12-5-3-4-11-8-9-21(18(23)24)10-13(11)12/h1-7H,8-10H2,(H,23,24)(H,19,20,22). The number of hydrogen-bond acceptors (Lipinski definition) is 4. The normalized spacial score (nSPS) is 13.5. The van der Waals surface area contributed by atoms with Crippen molar-refractivity contribution in [1.82, 2.24) is 9.88 Å². The van der Waals surface area contributed by atoms with Crippen LogP contribution in [0.5, 0.6) is 0 Å². The molecule has 0 saturated heterocycles. The number of nitrogens with one attached hydrogen (secondary N) is 1. The summed E-state index contributed by atoms with van der Waals surface area (Å²) >= 11 is 1.42. The molecule has 6 nitrogen and oxygen atoms in total. The van der Waals surface area contributed by atoms with Crippen LogP contribution in [-0.4, -0.2) is 33.5 Å². The SMILES string of the molecule is O=C(Nc1nc2ccccc2s1)c1cccc2c1CN(C(=O)O)CC2. The van der Waals surface area contributed by atoms with E-state index in [2.05, 4.69) is 10.3 Å². The monoisotopic (exact) mass is 353 g/mol. The summed E-state index contributed by atoms with van der Waals surface area (Å²) in [4.78, 5) is 29.7. The maximum Gasteiger partial charge on any atom is 0.407 e. The van der Waals surface area contributed by atoms with E-state index in [0.29, 0.717) is 23.7 Å². The molecule has 25 heavy (non-hydrogen) atoms. The lowest BCUT2D eigenvalue weighted by atomic mass is 9.94. The highest BCUT2D eigenvalue weighted by atomic mass is 32.1. The fraction of sp³-hybridized carbons (Fsp3) is 0.167. The van der Waals surface area contributed by atoms with Gasteiger partial charge < -0.3 is 10.0 Å². The number of para-hydroxylation sites is 1. The van der Waals surface area contributed by atoms with Crippen molar-refractivity contribution in [1.29, 1.82) is 0 Å². The Morgan fingerprint density at radius 2 is 2.00 bits per heavy atom. The van der Waals surface area contributed by atoms with Gasteiger partial charge in [0.2, 0.25) is 0 Å². The Kier molecular flexibility index (Phi) is 3.85. The maximum atomic E-state index is 12.7. The van der Waals surface area contributed by atoms with Gasteiger partial charge in [0.1, 0.15) is 0 Å². The number of carbonyl (C=O) groups is 2. The molecule has 4 rings (SSSR count). The average molecular weight is 353 g/mol. The van der Waals surface area contributed by atoms with Crippen molar-refractivity contribution in [3.63, 3.8) is 0 Å². The number of amides is 2. The molecule has 0 radical (unpaired) electrons. The highest BCUT2D eigenvalue weighted by molar-refractivity contribution is 7.22. The van der Waals surface area contributed by atoms with Gasteiger partial charge in [0.25, 0.3) is 5.91 Å². The number of hydrogen-bond donors (Lipinski definition) is 2.